The van der Waals surface area contributed by atoms with Crippen LogP contribution in [0.25, 0.3) is 5.69 Å². The number of thioether (sulfide) groups is 1. The smallest absolute Gasteiger partial charge is 0.261 e. The minimum atomic E-state index is -0.455. The molecular weight excluding hydrogens is 455 g/mol. The molecule has 1 aliphatic rings. The van der Waals surface area contributed by atoms with Gasteiger partial charge in [0.2, 0.25) is 0 Å². The molecule has 0 aliphatic carbocycles. The molecule has 34 heavy (non-hydrogen) atoms. The molecule has 0 radical (unpaired) electrons. The van der Waals surface area contributed by atoms with Gasteiger partial charge in [0.15, 0.2) is 22.5 Å². The Balaban J connectivity index is 1.32. The maximum Gasteiger partial charge on any atom is 0.261 e. The second-order valence-electron chi connectivity index (χ2n) is 7.44. The molecule has 0 fully saturated rings. The number of rotatable bonds is 8. The van der Waals surface area contributed by atoms with Crippen molar-refractivity contribution in [1.82, 2.24) is 19.7 Å². The highest BCUT2D eigenvalue weighted by Crippen LogP contribution is 2.26. The number of amides is 2. The quantitative estimate of drug-likeness (QED) is 0.279. The number of imide groups is 1. The van der Waals surface area contributed by atoms with E-state index in [9.17, 15) is 14.0 Å². The summed E-state index contributed by atoms with van der Waals surface area (Å²) in [5.74, 6) is 0.0331. The first-order valence-electron chi connectivity index (χ1n) is 10.6. The molecule has 0 bridgehead atoms. The number of fused-ring (bicyclic) bond motifs is 1. The highest BCUT2D eigenvalue weighted by atomic mass is 32.2. The number of benzene rings is 3. The number of ether oxygens (including phenoxy) is 1. The monoisotopic (exact) mass is 474 g/mol. The molecule has 0 spiro atoms. The first kappa shape index (κ1) is 21.8. The highest BCUT2D eigenvalue weighted by molar-refractivity contribution is 7.99. The number of aromatic nitrogens is 3. The number of hydrogen-bond donors (Lipinski definition) is 0. The van der Waals surface area contributed by atoms with Gasteiger partial charge in [-0.05, 0) is 36.4 Å². The van der Waals surface area contributed by atoms with E-state index in [-0.39, 0.29) is 30.7 Å². The zero-order valence-corrected chi connectivity index (χ0v) is 18.7. The molecule has 170 valence electrons. The summed E-state index contributed by atoms with van der Waals surface area (Å²) in [6.45, 7) is 0.252. The second-order valence-corrected chi connectivity index (χ2v) is 8.51. The van der Waals surface area contributed by atoms with E-state index in [0.29, 0.717) is 27.9 Å². The molecule has 7 nitrogen and oxygen atoms in total. The fraction of sp³-hybridized carbons (Fsp3) is 0.120. The van der Waals surface area contributed by atoms with E-state index in [1.54, 1.807) is 42.5 Å². The van der Waals surface area contributed by atoms with Crippen molar-refractivity contribution in [3.05, 3.63) is 102 Å². The lowest BCUT2D eigenvalue weighted by atomic mass is 10.1. The number of halogens is 1. The van der Waals surface area contributed by atoms with E-state index in [0.717, 1.165) is 5.69 Å². The lowest BCUT2D eigenvalue weighted by Gasteiger charge is -2.14. The Bertz CT molecular complexity index is 1320. The van der Waals surface area contributed by atoms with Gasteiger partial charge in [-0.3, -0.25) is 19.1 Å². The van der Waals surface area contributed by atoms with Crippen molar-refractivity contribution in [3.63, 3.8) is 0 Å². The van der Waals surface area contributed by atoms with Crippen LogP contribution in [0.3, 0.4) is 0 Å². The Labute approximate surface area is 199 Å². The average Bonchev–Trinajstić information content (AvgIpc) is 3.38. The van der Waals surface area contributed by atoms with Crippen molar-refractivity contribution in [2.75, 3.05) is 12.3 Å². The molecule has 3 aromatic carbocycles. The van der Waals surface area contributed by atoms with Gasteiger partial charge in [-0.15, -0.1) is 10.2 Å². The molecular formula is C25H19FN4O3S. The molecule has 4 aromatic rings. The first-order chi connectivity index (χ1) is 16.6. The summed E-state index contributed by atoms with van der Waals surface area (Å²) in [6.07, 6.45) is 0. The molecule has 0 N–H and O–H groups in total. The molecule has 0 saturated carbocycles. The molecule has 0 saturated heterocycles. The molecule has 2 amide bonds. The summed E-state index contributed by atoms with van der Waals surface area (Å²) in [5.41, 5.74) is 1.68. The fourth-order valence-corrected chi connectivity index (χ4v) is 4.59. The Hall–Kier alpha value is -3.98. The molecule has 5 rings (SSSR count). The molecule has 2 heterocycles. The lowest BCUT2D eigenvalue weighted by molar-refractivity contribution is 0.0664. The third-order valence-electron chi connectivity index (χ3n) is 5.33. The van der Waals surface area contributed by atoms with Crippen LogP contribution in [0.2, 0.25) is 0 Å². The van der Waals surface area contributed by atoms with Gasteiger partial charge < -0.3 is 4.74 Å². The number of carbonyl (C=O) groups is 2. The van der Waals surface area contributed by atoms with Crippen LogP contribution in [0.4, 0.5) is 4.39 Å². The van der Waals surface area contributed by atoms with Crippen molar-refractivity contribution in [2.45, 2.75) is 11.8 Å². The summed E-state index contributed by atoms with van der Waals surface area (Å²) in [4.78, 5) is 26.5. The maximum atomic E-state index is 14.0. The predicted octanol–water partition coefficient (Wildman–Crippen LogP) is 4.37. The summed E-state index contributed by atoms with van der Waals surface area (Å²) in [7, 11) is 0. The van der Waals surface area contributed by atoms with Gasteiger partial charge in [0.05, 0.1) is 11.1 Å². The molecule has 9 heteroatoms. The number of hydrogen-bond acceptors (Lipinski definition) is 6. The Morgan fingerprint density at radius 2 is 1.47 bits per heavy atom. The van der Waals surface area contributed by atoms with Gasteiger partial charge in [-0.25, -0.2) is 4.39 Å². The molecule has 1 aliphatic heterocycles. The van der Waals surface area contributed by atoms with Crippen LogP contribution in [-0.4, -0.2) is 43.8 Å². The van der Waals surface area contributed by atoms with E-state index in [1.807, 2.05) is 34.9 Å². The summed E-state index contributed by atoms with van der Waals surface area (Å²) < 4.78 is 21.4. The van der Waals surface area contributed by atoms with Crippen molar-refractivity contribution < 1.29 is 18.7 Å². The summed E-state index contributed by atoms with van der Waals surface area (Å²) in [6, 6.07) is 22.5. The molecule has 1 aromatic heterocycles. The minimum absolute atomic E-state index is 0.0157. The predicted molar refractivity (Wildman–Crippen MR) is 125 cm³/mol. The van der Waals surface area contributed by atoms with Gasteiger partial charge in [0.1, 0.15) is 6.61 Å². The van der Waals surface area contributed by atoms with E-state index < -0.39 is 5.82 Å². The standard InChI is InChI=1S/C25H19FN4O3S/c26-20-12-6-7-13-21(20)33-16-22-27-28-25(30(22)17-8-2-1-3-9-17)34-15-14-29-23(31)18-10-4-5-11-19(18)24(29)32/h1-13H,14-16H2. The highest BCUT2D eigenvalue weighted by Gasteiger charge is 2.34. The Kier molecular flexibility index (Phi) is 6.09. The van der Waals surface area contributed by atoms with Crippen LogP contribution in [0.15, 0.2) is 84.0 Å². The number of carbonyl (C=O) groups excluding carboxylic acids is 2. The second kappa shape index (κ2) is 9.48. The van der Waals surface area contributed by atoms with E-state index in [2.05, 4.69) is 10.2 Å². The summed E-state index contributed by atoms with van der Waals surface area (Å²) >= 11 is 1.37. The normalized spacial score (nSPS) is 12.8. The van der Waals surface area contributed by atoms with Crippen molar-refractivity contribution in [2.24, 2.45) is 0 Å². The third-order valence-corrected chi connectivity index (χ3v) is 6.24. The number of para-hydroxylation sites is 2. The van der Waals surface area contributed by atoms with Crippen LogP contribution in [-0.2, 0) is 6.61 Å². The van der Waals surface area contributed by atoms with E-state index >= 15 is 0 Å². The van der Waals surface area contributed by atoms with Crippen LogP contribution in [0.5, 0.6) is 5.75 Å². The molecule has 0 atom stereocenters. The van der Waals surface area contributed by atoms with Crippen LogP contribution < -0.4 is 4.74 Å². The van der Waals surface area contributed by atoms with Crippen molar-refractivity contribution in [3.8, 4) is 11.4 Å². The Morgan fingerprint density at radius 3 is 2.18 bits per heavy atom. The maximum absolute atomic E-state index is 14.0. The zero-order valence-electron chi connectivity index (χ0n) is 17.9. The molecule has 0 unspecified atom stereocenters. The van der Waals surface area contributed by atoms with E-state index in [4.69, 9.17) is 4.74 Å². The topological polar surface area (TPSA) is 77.3 Å². The fourth-order valence-electron chi connectivity index (χ4n) is 3.70. The Morgan fingerprint density at radius 1 is 0.824 bits per heavy atom. The van der Waals surface area contributed by atoms with Gasteiger partial charge in [0, 0.05) is 18.0 Å². The van der Waals surface area contributed by atoms with Crippen molar-refractivity contribution >= 4 is 23.6 Å². The van der Waals surface area contributed by atoms with Crippen LogP contribution in [0, 0.1) is 5.82 Å². The minimum Gasteiger partial charge on any atom is -0.483 e. The van der Waals surface area contributed by atoms with Crippen LogP contribution >= 0.6 is 11.8 Å². The average molecular weight is 475 g/mol. The lowest BCUT2D eigenvalue weighted by Crippen LogP contribution is -2.31. The zero-order chi connectivity index (χ0) is 23.5. The SMILES string of the molecule is O=C1c2ccccc2C(=O)N1CCSc1nnc(COc2ccccc2F)n1-c1ccccc1. The van der Waals surface area contributed by atoms with Gasteiger partial charge in [-0.1, -0.05) is 54.2 Å². The van der Waals surface area contributed by atoms with Crippen LogP contribution in [0.1, 0.15) is 26.5 Å². The van der Waals surface area contributed by atoms with Crippen molar-refractivity contribution in [1.29, 1.82) is 0 Å². The summed E-state index contributed by atoms with van der Waals surface area (Å²) in [5, 5.41) is 9.11. The van der Waals surface area contributed by atoms with Gasteiger partial charge >= 0.3 is 0 Å². The van der Waals surface area contributed by atoms with E-state index in [1.165, 1.54) is 22.7 Å². The van der Waals surface area contributed by atoms with Gasteiger partial charge in [-0.2, -0.15) is 0 Å². The third kappa shape index (κ3) is 4.17. The first-order valence-corrected chi connectivity index (χ1v) is 11.6. The van der Waals surface area contributed by atoms with Gasteiger partial charge in [0.25, 0.3) is 11.8 Å². The number of nitrogens with zero attached hydrogens (tertiary/aromatic N) is 4. The largest absolute Gasteiger partial charge is 0.483 e.